The number of carbonyl (C=O) groups is 2. The zero-order valence-corrected chi connectivity index (χ0v) is 15.4. The van der Waals surface area contributed by atoms with Gasteiger partial charge in [-0.05, 0) is 25.2 Å². The molecule has 1 atom stereocenters. The molecule has 136 valence electrons. The van der Waals surface area contributed by atoms with Crippen LogP contribution < -0.4 is 0 Å². The average molecular weight is 335 g/mol. The van der Waals surface area contributed by atoms with E-state index >= 15 is 0 Å². The van der Waals surface area contributed by atoms with Gasteiger partial charge in [-0.25, -0.2) is 0 Å². The molecule has 5 nitrogen and oxygen atoms in total. The lowest BCUT2D eigenvalue weighted by molar-refractivity contribution is -0.137. The molecule has 24 heavy (non-hydrogen) atoms. The number of hydrogen-bond acceptors (Lipinski definition) is 3. The summed E-state index contributed by atoms with van der Waals surface area (Å²) >= 11 is 0. The van der Waals surface area contributed by atoms with Crippen LogP contribution in [0.3, 0.4) is 0 Å². The van der Waals surface area contributed by atoms with Gasteiger partial charge in [-0.15, -0.1) is 0 Å². The lowest BCUT2D eigenvalue weighted by atomic mass is 10.1. The zero-order valence-electron chi connectivity index (χ0n) is 15.4. The minimum Gasteiger partial charge on any atom is -0.342 e. The third-order valence-electron chi connectivity index (χ3n) is 6.01. The number of nitrogens with zero attached hydrogens (tertiary/aromatic N) is 3. The van der Waals surface area contributed by atoms with Crippen LogP contribution in [0.5, 0.6) is 0 Å². The van der Waals surface area contributed by atoms with Gasteiger partial charge in [0.05, 0.1) is 5.92 Å². The third-order valence-corrected chi connectivity index (χ3v) is 6.01. The fourth-order valence-electron chi connectivity index (χ4n) is 4.40. The van der Waals surface area contributed by atoms with Crippen LogP contribution in [0.2, 0.25) is 0 Å². The number of carbonyl (C=O) groups excluding carboxylic acids is 2. The summed E-state index contributed by atoms with van der Waals surface area (Å²) < 4.78 is 0. The zero-order chi connectivity index (χ0) is 17.1. The Labute approximate surface area is 146 Å². The monoisotopic (exact) mass is 335 g/mol. The number of hydrogen-bond donors (Lipinski definition) is 0. The smallest absolute Gasteiger partial charge is 0.228 e. The molecule has 2 amide bonds. The van der Waals surface area contributed by atoms with E-state index in [2.05, 4.69) is 18.7 Å². The van der Waals surface area contributed by atoms with Crippen LogP contribution in [-0.4, -0.2) is 71.8 Å². The molecule has 0 aromatic heterocycles. The van der Waals surface area contributed by atoms with Crippen molar-refractivity contribution < 1.29 is 9.59 Å². The van der Waals surface area contributed by atoms with Gasteiger partial charge in [0.1, 0.15) is 0 Å². The summed E-state index contributed by atoms with van der Waals surface area (Å²) in [6, 6.07) is 0.752. The van der Waals surface area contributed by atoms with Gasteiger partial charge in [-0.3, -0.25) is 14.5 Å². The highest BCUT2D eigenvalue weighted by molar-refractivity contribution is 5.89. The van der Waals surface area contributed by atoms with E-state index in [1.807, 2.05) is 9.80 Å². The van der Waals surface area contributed by atoms with Gasteiger partial charge in [-0.1, -0.05) is 26.7 Å². The molecule has 0 N–H and O–H groups in total. The number of piperazine rings is 1. The average Bonchev–Trinajstić information content (AvgIpc) is 3.22. The molecular formula is C19H33N3O2. The van der Waals surface area contributed by atoms with Gasteiger partial charge < -0.3 is 9.80 Å². The summed E-state index contributed by atoms with van der Waals surface area (Å²) in [5.41, 5.74) is 0. The molecule has 5 heteroatoms. The minimum absolute atomic E-state index is 0.109. The number of amides is 2. The molecule has 0 aromatic rings. The van der Waals surface area contributed by atoms with Gasteiger partial charge in [-0.2, -0.15) is 0 Å². The Kier molecular flexibility index (Phi) is 5.80. The topological polar surface area (TPSA) is 43.9 Å². The van der Waals surface area contributed by atoms with Crippen molar-refractivity contribution in [2.24, 2.45) is 11.8 Å². The second-order valence-corrected chi connectivity index (χ2v) is 8.22. The fraction of sp³-hybridized carbons (Fsp3) is 0.895. The second kappa shape index (κ2) is 7.85. The van der Waals surface area contributed by atoms with E-state index in [4.69, 9.17) is 0 Å². The van der Waals surface area contributed by atoms with Crippen LogP contribution in [0.25, 0.3) is 0 Å². The maximum atomic E-state index is 12.8. The van der Waals surface area contributed by atoms with E-state index in [1.165, 1.54) is 25.7 Å². The van der Waals surface area contributed by atoms with Crippen LogP contribution in [0, 0.1) is 11.8 Å². The second-order valence-electron chi connectivity index (χ2n) is 8.22. The van der Waals surface area contributed by atoms with Crippen molar-refractivity contribution in [2.75, 3.05) is 39.3 Å². The molecule has 1 aliphatic carbocycles. The Morgan fingerprint density at radius 2 is 1.79 bits per heavy atom. The molecule has 2 aliphatic heterocycles. The van der Waals surface area contributed by atoms with Crippen LogP contribution in [-0.2, 0) is 9.59 Å². The Bertz CT molecular complexity index is 452. The predicted octanol–water partition coefficient (Wildman–Crippen LogP) is 1.97. The van der Waals surface area contributed by atoms with Crippen molar-refractivity contribution in [1.29, 1.82) is 0 Å². The molecule has 3 rings (SSSR count). The lowest BCUT2D eigenvalue weighted by Crippen LogP contribution is -2.52. The first-order chi connectivity index (χ1) is 11.5. The van der Waals surface area contributed by atoms with E-state index in [1.54, 1.807) is 0 Å². The lowest BCUT2D eigenvalue weighted by Gasteiger charge is -2.38. The highest BCUT2D eigenvalue weighted by Gasteiger charge is 2.37. The molecule has 3 aliphatic rings. The van der Waals surface area contributed by atoms with E-state index in [-0.39, 0.29) is 17.7 Å². The maximum Gasteiger partial charge on any atom is 0.228 e. The Morgan fingerprint density at radius 1 is 1.12 bits per heavy atom. The van der Waals surface area contributed by atoms with Gasteiger partial charge in [0.15, 0.2) is 0 Å². The van der Waals surface area contributed by atoms with Crippen molar-refractivity contribution in [3.8, 4) is 0 Å². The Balaban J connectivity index is 1.46. The fourth-order valence-corrected chi connectivity index (χ4v) is 4.40. The van der Waals surface area contributed by atoms with Crippen molar-refractivity contribution in [1.82, 2.24) is 14.7 Å². The summed E-state index contributed by atoms with van der Waals surface area (Å²) in [6.45, 7) is 9.48. The number of likely N-dealkylation sites (tertiary alicyclic amines) is 1. The summed E-state index contributed by atoms with van der Waals surface area (Å²) in [4.78, 5) is 31.4. The van der Waals surface area contributed by atoms with Crippen LogP contribution >= 0.6 is 0 Å². The highest BCUT2D eigenvalue weighted by atomic mass is 16.2. The molecular weight excluding hydrogens is 302 g/mol. The standard InChI is InChI=1S/C19H33N3O2/c1-15(2)7-8-22-14-16(13-18(22)23)19(24)21-11-9-20(10-12-21)17-5-3-4-6-17/h15-17H,3-14H2,1-2H3. The first-order valence-corrected chi connectivity index (χ1v) is 9.85. The van der Waals surface area contributed by atoms with E-state index < -0.39 is 0 Å². The van der Waals surface area contributed by atoms with Crippen LogP contribution in [0.15, 0.2) is 0 Å². The van der Waals surface area contributed by atoms with Crippen molar-refractivity contribution in [3.63, 3.8) is 0 Å². The Morgan fingerprint density at radius 3 is 2.42 bits per heavy atom. The Hall–Kier alpha value is -1.10. The third kappa shape index (κ3) is 4.11. The first-order valence-electron chi connectivity index (χ1n) is 9.85. The molecule has 1 saturated carbocycles. The summed E-state index contributed by atoms with van der Waals surface area (Å²) in [7, 11) is 0. The molecule has 0 aromatic carbocycles. The summed E-state index contributed by atoms with van der Waals surface area (Å²) in [5.74, 6) is 0.860. The maximum absolute atomic E-state index is 12.8. The van der Waals surface area contributed by atoms with E-state index in [9.17, 15) is 9.59 Å². The van der Waals surface area contributed by atoms with Crippen molar-refractivity contribution >= 4 is 11.8 Å². The van der Waals surface area contributed by atoms with E-state index in [0.29, 0.717) is 18.9 Å². The first kappa shape index (κ1) is 17.7. The molecule has 0 bridgehead atoms. The van der Waals surface area contributed by atoms with Gasteiger partial charge in [0, 0.05) is 51.7 Å². The molecule has 1 unspecified atom stereocenters. The van der Waals surface area contributed by atoms with Crippen molar-refractivity contribution in [2.45, 2.75) is 58.4 Å². The minimum atomic E-state index is -0.109. The number of rotatable bonds is 5. The van der Waals surface area contributed by atoms with Crippen LogP contribution in [0.4, 0.5) is 0 Å². The SMILES string of the molecule is CC(C)CCN1CC(C(=O)N2CCN(C3CCCC3)CC2)CC1=O. The molecule has 0 spiro atoms. The van der Waals surface area contributed by atoms with Gasteiger partial charge >= 0.3 is 0 Å². The molecule has 2 heterocycles. The summed E-state index contributed by atoms with van der Waals surface area (Å²) in [5, 5.41) is 0. The largest absolute Gasteiger partial charge is 0.342 e. The van der Waals surface area contributed by atoms with Gasteiger partial charge in [0.2, 0.25) is 11.8 Å². The molecule has 3 fully saturated rings. The summed E-state index contributed by atoms with van der Waals surface area (Å²) in [6.07, 6.45) is 6.82. The van der Waals surface area contributed by atoms with Crippen molar-refractivity contribution in [3.05, 3.63) is 0 Å². The quantitative estimate of drug-likeness (QED) is 0.771. The predicted molar refractivity (Wildman–Crippen MR) is 94.6 cm³/mol. The van der Waals surface area contributed by atoms with E-state index in [0.717, 1.165) is 45.2 Å². The highest BCUT2D eigenvalue weighted by Crippen LogP contribution is 2.26. The van der Waals surface area contributed by atoms with Crippen LogP contribution in [0.1, 0.15) is 52.4 Å². The molecule has 2 saturated heterocycles. The van der Waals surface area contributed by atoms with Gasteiger partial charge in [0.25, 0.3) is 0 Å². The molecule has 0 radical (unpaired) electrons. The normalized spacial score (nSPS) is 26.8.